The molecule has 18 heavy (non-hydrogen) atoms. The van der Waals surface area contributed by atoms with Crippen LogP contribution < -0.4 is 5.32 Å². The van der Waals surface area contributed by atoms with Gasteiger partial charge in [-0.3, -0.25) is 0 Å². The number of halogens is 3. The molecule has 0 bridgehead atoms. The Labute approximate surface area is 106 Å². The fourth-order valence-corrected chi connectivity index (χ4v) is 2.06. The molecule has 0 aromatic heterocycles. The maximum absolute atomic E-state index is 13.1. The first-order valence-electron chi connectivity index (χ1n) is 6.35. The first-order chi connectivity index (χ1) is 8.43. The summed E-state index contributed by atoms with van der Waals surface area (Å²) >= 11 is 0. The van der Waals surface area contributed by atoms with Crippen LogP contribution in [0.15, 0.2) is 18.2 Å². The van der Waals surface area contributed by atoms with Crippen molar-refractivity contribution in [1.29, 1.82) is 0 Å². The summed E-state index contributed by atoms with van der Waals surface area (Å²) < 4.78 is 39.2. The smallest absolute Gasteiger partial charge is 0.303 e. The van der Waals surface area contributed by atoms with Crippen LogP contribution in [0.3, 0.4) is 0 Å². The zero-order valence-corrected chi connectivity index (χ0v) is 11.1. The van der Waals surface area contributed by atoms with Crippen molar-refractivity contribution in [3.8, 4) is 0 Å². The lowest BCUT2D eigenvalue weighted by Gasteiger charge is -2.24. The van der Waals surface area contributed by atoms with Gasteiger partial charge in [0.25, 0.3) is 0 Å². The van der Waals surface area contributed by atoms with E-state index in [-0.39, 0.29) is 0 Å². The van der Waals surface area contributed by atoms with Crippen molar-refractivity contribution in [2.24, 2.45) is 0 Å². The van der Waals surface area contributed by atoms with Crippen LogP contribution in [0.4, 0.5) is 13.2 Å². The Morgan fingerprint density at radius 1 is 1.11 bits per heavy atom. The number of alkyl halides is 3. The summed E-state index contributed by atoms with van der Waals surface area (Å²) in [7, 11) is 0. The second-order valence-electron chi connectivity index (χ2n) is 4.27. The summed E-state index contributed by atoms with van der Waals surface area (Å²) in [6.45, 7) is 5.81. The van der Waals surface area contributed by atoms with Crippen molar-refractivity contribution in [1.82, 2.24) is 5.32 Å². The van der Waals surface area contributed by atoms with Gasteiger partial charge >= 0.3 is 6.18 Å². The highest BCUT2D eigenvalue weighted by atomic mass is 19.4. The van der Waals surface area contributed by atoms with Crippen molar-refractivity contribution in [2.75, 3.05) is 6.54 Å². The third-order valence-corrected chi connectivity index (χ3v) is 3.05. The predicted molar refractivity (Wildman–Crippen MR) is 67.7 cm³/mol. The van der Waals surface area contributed by atoms with Crippen LogP contribution in [-0.2, 0) is 12.8 Å². The second kappa shape index (κ2) is 6.23. The van der Waals surface area contributed by atoms with Crippen LogP contribution >= 0.6 is 0 Å². The van der Waals surface area contributed by atoms with Gasteiger partial charge in [-0.05, 0) is 36.1 Å². The van der Waals surface area contributed by atoms with Crippen LogP contribution in [0.1, 0.15) is 43.5 Å². The minimum absolute atomic E-state index is 0.295. The van der Waals surface area contributed by atoms with Gasteiger partial charge in [0.1, 0.15) is 6.04 Å². The number of aryl methyl sites for hydroxylation is 2. The molecule has 1 rings (SSSR count). The maximum atomic E-state index is 13.1. The van der Waals surface area contributed by atoms with E-state index in [9.17, 15) is 13.2 Å². The van der Waals surface area contributed by atoms with Crippen molar-refractivity contribution in [3.05, 3.63) is 34.9 Å². The predicted octanol–water partition coefficient (Wildman–Crippen LogP) is 4.02. The van der Waals surface area contributed by atoms with E-state index in [1.165, 1.54) is 0 Å². The monoisotopic (exact) mass is 259 g/mol. The van der Waals surface area contributed by atoms with E-state index >= 15 is 0 Å². The minimum atomic E-state index is -4.26. The first-order valence-corrected chi connectivity index (χ1v) is 6.35. The van der Waals surface area contributed by atoms with Crippen molar-refractivity contribution in [2.45, 2.75) is 45.8 Å². The zero-order chi connectivity index (χ0) is 13.8. The Bertz CT molecular complexity index is 385. The van der Waals surface area contributed by atoms with Gasteiger partial charge in [-0.2, -0.15) is 13.2 Å². The van der Waals surface area contributed by atoms with Gasteiger partial charge in [-0.1, -0.05) is 39.0 Å². The third-order valence-electron chi connectivity index (χ3n) is 3.05. The highest BCUT2D eigenvalue weighted by molar-refractivity contribution is 5.35. The number of rotatable bonds is 5. The fraction of sp³-hybridized carbons (Fsp3) is 0.571. The van der Waals surface area contributed by atoms with Gasteiger partial charge < -0.3 is 5.32 Å². The molecule has 0 saturated heterocycles. The Hall–Kier alpha value is -1.03. The molecule has 4 heteroatoms. The summed E-state index contributed by atoms with van der Waals surface area (Å²) in [5.74, 6) is 0. The molecule has 102 valence electrons. The molecule has 1 nitrogen and oxygen atoms in total. The van der Waals surface area contributed by atoms with Crippen molar-refractivity contribution < 1.29 is 13.2 Å². The summed E-state index contributed by atoms with van der Waals surface area (Å²) in [6.07, 6.45) is -2.91. The van der Waals surface area contributed by atoms with Crippen LogP contribution in [0, 0.1) is 0 Å². The topological polar surface area (TPSA) is 12.0 Å². The SMILES string of the molecule is CCNC(c1cc(CC)ccc1CC)C(F)(F)F. The lowest BCUT2D eigenvalue weighted by Crippen LogP contribution is -2.34. The summed E-state index contributed by atoms with van der Waals surface area (Å²) in [4.78, 5) is 0. The molecule has 0 amide bonds. The maximum Gasteiger partial charge on any atom is 0.407 e. The molecule has 0 radical (unpaired) electrons. The Morgan fingerprint density at radius 2 is 1.78 bits per heavy atom. The highest BCUT2D eigenvalue weighted by Crippen LogP contribution is 2.35. The van der Waals surface area contributed by atoms with Crippen LogP contribution in [0.25, 0.3) is 0 Å². The molecule has 0 aliphatic carbocycles. The second-order valence-corrected chi connectivity index (χ2v) is 4.27. The first kappa shape index (κ1) is 15.0. The largest absolute Gasteiger partial charge is 0.407 e. The fourth-order valence-electron chi connectivity index (χ4n) is 2.06. The van der Waals surface area contributed by atoms with Gasteiger partial charge in [0, 0.05) is 0 Å². The van der Waals surface area contributed by atoms with Crippen LogP contribution in [0.5, 0.6) is 0 Å². The average molecular weight is 259 g/mol. The number of benzene rings is 1. The van der Waals surface area contributed by atoms with Gasteiger partial charge in [-0.15, -0.1) is 0 Å². The number of hydrogen-bond donors (Lipinski definition) is 1. The van der Waals surface area contributed by atoms with E-state index in [4.69, 9.17) is 0 Å². The quantitative estimate of drug-likeness (QED) is 0.842. The molecule has 1 aromatic rings. The molecular formula is C14H20F3N. The Balaban J connectivity index is 3.24. The Morgan fingerprint density at radius 3 is 2.22 bits per heavy atom. The molecule has 0 aliphatic rings. The summed E-state index contributed by atoms with van der Waals surface area (Å²) in [6, 6.07) is 3.83. The molecule has 1 unspecified atom stereocenters. The minimum Gasteiger partial charge on any atom is -0.303 e. The van der Waals surface area contributed by atoms with Gasteiger partial charge in [0.2, 0.25) is 0 Å². The molecular weight excluding hydrogens is 239 g/mol. The molecule has 0 aliphatic heterocycles. The molecule has 1 aromatic carbocycles. The van der Waals surface area contributed by atoms with Crippen molar-refractivity contribution >= 4 is 0 Å². The lowest BCUT2D eigenvalue weighted by atomic mass is 9.95. The van der Waals surface area contributed by atoms with E-state index < -0.39 is 12.2 Å². The Kier molecular flexibility index (Phi) is 5.20. The highest BCUT2D eigenvalue weighted by Gasteiger charge is 2.41. The van der Waals surface area contributed by atoms with E-state index in [1.807, 2.05) is 26.0 Å². The van der Waals surface area contributed by atoms with Crippen LogP contribution in [0.2, 0.25) is 0 Å². The number of nitrogens with one attached hydrogen (secondary N) is 1. The van der Waals surface area contributed by atoms with E-state index in [2.05, 4.69) is 5.32 Å². The number of hydrogen-bond acceptors (Lipinski definition) is 1. The van der Waals surface area contributed by atoms with Gasteiger partial charge in [-0.25, -0.2) is 0 Å². The summed E-state index contributed by atoms with van der Waals surface area (Å²) in [5.41, 5.74) is 2.07. The van der Waals surface area contributed by atoms with Crippen LogP contribution in [-0.4, -0.2) is 12.7 Å². The van der Waals surface area contributed by atoms with E-state index in [0.29, 0.717) is 18.5 Å². The molecule has 1 atom stereocenters. The normalized spacial score (nSPS) is 13.7. The van der Waals surface area contributed by atoms with Gasteiger partial charge in [0.05, 0.1) is 0 Å². The third kappa shape index (κ3) is 3.48. The van der Waals surface area contributed by atoms with Gasteiger partial charge in [0.15, 0.2) is 0 Å². The van der Waals surface area contributed by atoms with E-state index in [0.717, 1.165) is 17.5 Å². The molecule has 0 fully saturated rings. The molecule has 0 heterocycles. The van der Waals surface area contributed by atoms with Crippen molar-refractivity contribution in [3.63, 3.8) is 0 Å². The molecule has 1 N–H and O–H groups in total. The van der Waals surface area contributed by atoms with E-state index in [1.54, 1.807) is 13.0 Å². The summed E-state index contributed by atoms with van der Waals surface area (Å²) in [5, 5.41) is 2.54. The standard InChI is InChI=1S/C14H20F3N/c1-4-10-7-8-11(5-2)12(9-10)13(18-6-3)14(15,16)17/h7-9,13,18H,4-6H2,1-3H3. The average Bonchev–Trinajstić information content (AvgIpc) is 2.33. The molecule has 0 saturated carbocycles. The lowest BCUT2D eigenvalue weighted by molar-refractivity contribution is -0.157. The molecule has 0 spiro atoms. The zero-order valence-electron chi connectivity index (χ0n) is 11.1.